The molecule has 0 bridgehead atoms. The minimum Gasteiger partial charge on any atom is -0.398 e. The van der Waals surface area contributed by atoms with E-state index in [4.69, 9.17) is 5.73 Å². The highest BCUT2D eigenvalue weighted by atomic mass is 14.7. The molecule has 104 valence electrons. The highest BCUT2D eigenvalue weighted by Gasteiger charge is 2.09. The zero-order valence-electron chi connectivity index (χ0n) is 11.9. The van der Waals surface area contributed by atoms with Crippen molar-refractivity contribution in [2.24, 2.45) is 0 Å². The van der Waals surface area contributed by atoms with Crippen molar-refractivity contribution in [1.82, 2.24) is 4.98 Å². The van der Waals surface area contributed by atoms with Crippen LogP contribution in [0.4, 0.5) is 5.69 Å². The molecular weight excluding hydrogens is 256 g/mol. The van der Waals surface area contributed by atoms with Crippen molar-refractivity contribution in [1.29, 1.82) is 0 Å². The first-order valence-corrected chi connectivity index (χ1v) is 7.13. The Morgan fingerprint density at radius 3 is 1.90 bits per heavy atom. The number of rotatable bonds is 4. The minimum absolute atomic E-state index is 0.814. The van der Waals surface area contributed by atoms with Gasteiger partial charge < -0.3 is 5.73 Å². The topological polar surface area (TPSA) is 38.9 Å². The predicted molar refractivity (Wildman–Crippen MR) is 87.1 cm³/mol. The first-order chi connectivity index (χ1) is 10.3. The van der Waals surface area contributed by atoms with Gasteiger partial charge in [0.05, 0.1) is 5.69 Å². The van der Waals surface area contributed by atoms with Gasteiger partial charge in [0.2, 0.25) is 0 Å². The lowest BCUT2D eigenvalue weighted by Crippen LogP contribution is -2.04. The summed E-state index contributed by atoms with van der Waals surface area (Å²) >= 11 is 0. The van der Waals surface area contributed by atoms with Crippen LogP contribution in [0, 0.1) is 0 Å². The molecule has 0 unspecified atom stereocenters. The maximum Gasteiger partial charge on any atom is 0.0503 e. The van der Waals surface area contributed by atoms with E-state index in [1.54, 1.807) is 6.20 Å². The van der Waals surface area contributed by atoms with Crippen molar-refractivity contribution >= 4 is 5.69 Å². The van der Waals surface area contributed by atoms with Crippen LogP contribution in [0.1, 0.15) is 22.4 Å². The standard InChI is InChI=1S/C19H18N2/c20-18-11-12-21-19(14-16-9-5-2-6-10-16)17(18)13-15-7-3-1-4-8-15/h1-12H,13-14H2,(H2,20,21). The molecule has 3 rings (SSSR count). The van der Waals surface area contributed by atoms with Crippen LogP contribution in [-0.4, -0.2) is 4.98 Å². The SMILES string of the molecule is Nc1ccnc(Cc2ccccc2)c1Cc1ccccc1. The fraction of sp³-hybridized carbons (Fsp3) is 0.105. The van der Waals surface area contributed by atoms with Gasteiger partial charge in [0, 0.05) is 30.3 Å². The van der Waals surface area contributed by atoms with E-state index >= 15 is 0 Å². The smallest absolute Gasteiger partial charge is 0.0503 e. The summed E-state index contributed by atoms with van der Waals surface area (Å²) in [5.74, 6) is 0. The Kier molecular flexibility index (Phi) is 3.97. The molecule has 21 heavy (non-hydrogen) atoms. The summed E-state index contributed by atoms with van der Waals surface area (Å²) in [5, 5.41) is 0. The number of nitrogen functional groups attached to an aromatic ring is 1. The Bertz CT molecular complexity index is 706. The largest absolute Gasteiger partial charge is 0.398 e. The molecule has 0 saturated carbocycles. The van der Waals surface area contributed by atoms with Crippen LogP contribution >= 0.6 is 0 Å². The molecule has 0 radical (unpaired) electrons. The first-order valence-electron chi connectivity index (χ1n) is 7.13. The Labute approximate surface area is 125 Å². The van der Waals surface area contributed by atoms with Crippen molar-refractivity contribution in [3.05, 3.63) is 95.3 Å². The molecule has 2 aromatic carbocycles. The van der Waals surface area contributed by atoms with Gasteiger partial charge in [-0.15, -0.1) is 0 Å². The van der Waals surface area contributed by atoms with E-state index in [0.717, 1.165) is 29.8 Å². The number of pyridine rings is 1. The number of aromatic nitrogens is 1. The van der Waals surface area contributed by atoms with E-state index in [-0.39, 0.29) is 0 Å². The first kappa shape index (κ1) is 13.4. The summed E-state index contributed by atoms with van der Waals surface area (Å²) in [6, 6.07) is 22.6. The lowest BCUT2D eigenvalue weighted by molar-refractivity contribution is 1.01. The lowest BCUT2D eigenvalue weighted by atomic mass is 9.98. The molecular formula is C19H18N2. The molecule has 0 aliphatic heterocycles. The van der Waals surface area contributed by atoms with E-state index in [9.17, 15) is 0 Å². The van der Waals surface area contributed by atoms with E-state index in [1.807, 2.05) is 18.2 Å². The molecule has 0 amide bonds. The second kappa shape index (κ2) is 6.23. The van der Waals surface area contributed by atoms with Crippen LogP contribution in [0.3, 0.4) is 0 Å². The lowest BCUT2D eigenvalue weighted by Gasteiger charge is -2.12. The molecule has 3 aromatic rings. The quantitative estimate of drug-likeness (QED) is 0.785. The van der Waals surface area contributed by atoms with Gasteiger partial charge in [0.25, 0.3) is 0 Å². The zero-order chi connectivity index (χ0) is 14.5. The van der Waals surface area contributed by atoms with E-state index in [0.29, 0.717) is 0 Å². The number of hydrogen-bond acceptors (Lipinski definition) is 2. The Balaban J connectivity index is 1.92. The van der Waals surface area contributed by atoms with Crippen molar-refractivity contribution in [2.75, 3.05) is 5.73 Å². The Morgan fingerprint density at radius 2 is 1.29 bits per heavy atom. The van der Waals surface area contributed by atoms with E-state index in [2.05, 4.69) is 53.5 Å². The fourth-order valence-corrected chi connectivity index (χ4v) is 2.50. The van der Waals surface area contributed by atoms with E-state index in [1.165, 1.54) is 11.1 Å². The third-order valence-corrected chi connectivity index (χ3v) is 3.62. The minimum atomic E-state index is 0.814. The molecule has 0 aliphatic carbocycles. The normalized spacial score (nSPS) is 10.5. The zero-order valence-corrected chi connectivity index (χ0v) is 11.9. The van der Waals surface area contributed by atoms with Gasteiger partial charge in [0.15, 0.2) is 0 Å². The van der Waals surface area contributed by atoms with Gasteiger partial charge in [-0.1, -0.05) is 60.7 Å². The molecule has 1 aromatic heterocycles. The van der Waals surface area contributed by atoms with Gasteiger partial charge in [-0.3, -0.25) is 4.98 Å². The van der Waals surface area contributed by atoms with Crippen LogP contribution < -0.4 is 5.73 Å². The summed E-state index contributed by atoms with van der Waals surface area (Å²) in [6.45, 7) is 0. The van der Waals surface area contributed by atoms with Gasteiger partial charge in [-0.25, -0.2) is 0 Å². The molecule has 0 atom stereocenters. The third kappa shape index (κ3) is 3.29. The van der Waals surface area contributed by atoms with Gasteiger partial charge in [0.1, 0.15) is 0 Å². The Hall–Kier alpha value is -2.61. The highest BCUT2D eigenvalue weighted by molar-refractivity contribution is 5.51. The van der Waals surface area contributed by atoms with Gasteiger partial charge >= 0.3 is 0 Å². The van der Waals surface area contributed by atoms with Crippen LogP contribution in [0.5, 0.6) is 0 Å². The molecule has 2 nitrogen and oxygen atoms in total. The van der Waals surface area contributed by atoms with Crippen LogP contribution in [0.25, 0.3) is 0 Å². The molecule has 2 N–H and O–H groups in total. The molecule has 0 fully saturated rings. The van der Waals surface area contributed by atoms with Gasteiger partial charge in [-0.05, 0) is 17.2 Å². The molecule has 0 spiro atoms. The maximum absolute atomic E-state index is 6.18. The number of nitrogens with two attached hydrogens (primary N) is 1. The maximum atomic E-state index is 6.18. The molecule has 2 heteroatoms. The molecule has 0 aliphatic rings. The number of anilines is 1. The summed E-state index contributed by atoms with van der Waals surface area (Å²) in [7, 11) is 0. The van der Waals surface area contributed by atoms with Crippen molar-refractivity contribution in [2.45, 2.75) is 12.8 Å². The third-order valence-electron chi connectivity index (χ3n) is 3.62. The average molecular weight is 274 g/mol. The summed E-state index contributed by atoms with van der Waals surface area (Å²) in [5.41, 5.74) is 11.7. The number of nitrogens with zero attached hydrogens (tertiary/aromatic N) is 1. The number of benzene rings is 2. The van der Waals surface area contributed by atoms with Crippen LogP contribution in [0.2, 0.25) is 0 Å². The van der Waals surface area contributed by atoms with Crippen LogP contribution in [0.15, 0.2) is 72.9 Å². The van der Waals surface area contributed by atoms with Crippen molar-refractivity contribution < 1.29 is 0 Å². The molecule has 0 saturated heterocycles. The fourth-order valence-electron chi connectivity index (χ4n) is 2.50. The monoisotopic (exact) mass is 274 g/mol. The van der Waals surface area contributed by atoms with Crippen LogP contribution in [-0.2, 0) is 12.8 Å². The summed E-state index contributed by atoms with van der Waals surface area (Å²) in [6.07, 6.45) is 3.43. The second-order valence-electron chi connectivity index (χ2n) is 5.15. The predicted octanol–water partition coefficient (Wildman–Crippen LogP) is 3.85. The summed E-state index contributed by atoms with van der Waals surface area (Å²) in [4.78, 5) is 4.55. The van der Waals surface area contributed by atoms with Crippen molar-refractivity contribution in [3.8, 4) is 0 Å². The average Bonchev–Trinajstić information content (AvgIpc) is 2.53. The van der Waals surface area contributed by atoms with E-state index < -0.39 is 0 Å². The highest BCUT2D eigenvalue weighted by Crippen LogP contribution is 2.21. The number of hydrogen-bond donors (Lipinski definition) is 1. The Morgan fingerprint density at radius 1 is 0.714 bits per heavy atom. The molecule has 1 heterocycles. The van der Waals surface area contributed by atoms with Gasteiger partial charge in [-0.2, -0.15) is 0 Å². The summed E-state index contributed by atoms with van der Waals surface area (Å²) < 4.78 is 0. The van der Waals surface area contributed by atoms with Crippen molar-refractivity contribution in [3.63, 3.8) is 0 Å². The second-order valence-corrected chi connectivity index (χ2v) is 5.15.